The number of ketones is 2. The molecule has 0 aromatic heterocycles. The summed E-state index contributed by atoms with van der Waals surface area (Å²) in [5, 5.41) is 51.4. The summed E-state index contributed by atoms with van der Waals surface area (Å²) < 4.78 is 104. The monoisotopic (exact) mass is 912 g/mol. The molecule has 0 atom stereocenters. The standard InChI is InChI=1S/C34H24N8O17S3/c43-16-9-23(45)31(24(46)10-16)41-35-14-1-4-19(28(7-14)61(54,55)56)37-39-21-6-3-18-27(60(51,52)53)13-22(34(50)30(18)33(21)49)40-38-20-5-2-15(8-29(20)62(57,58)59)36-42-32-25(47)11-17(44)12-26(32)48/h1-13,35-38,45-48H,(H,51,52,53)(H,54,55,56)(H,57,58,59). The first-order valence-electron chi connectivity index (χ1n) is 16.4. The number of aliphatic hydroxyl groups excluding tert-OH is 4. The Morgan fingerprint density at radius 3 is 1.23 bits per heavy atom. The molecule has 0 amide bonds. The zero-order chi connectivity index (χ0) is 45.5. The van der Waals surface area contributed by atoms with E-state index in [0.29, 0.717) is 6.07 Å². The maximum absolute atomic E-state index is 13.7. The van der Waals surface area contributed by atoms with Crippen LogP contribution in [0.15, 0.2) is 147 Å². The second kappa shape index (κ2) is 16.3. The molecule has 4 aliphatic carbocycles. The highest BCUT2D eigenvalue weighted by molar-refractivity contribution is 7.86. The van der Waals surface area contributed by atoms with Crippen molar-refractivity contribution >= 4 is 76.1 Å². The smallest absolute Gasteiger partial charge is 0.296 e. The number of anilines is 4. The number of benzene rings is 2. The van der Waals surface area contributed by atoms with Gasteiger partial charge in [0.2, 0.25) is 10.9 Å². The molecule has 0 aliphatic heterocycles. The predicted octanol–water partition coefficient (Wildman–Crippen LogP) is 0.0719. The minimum atomic E-state index is -5.24. The van der Waals surface area contributed by atoms with Crippen LogP contribution in [0, 0.1) is 10.4 Å². The molecule has 2 aromatic carbocycles. The third-order valence-electron chi connectivity index (χ3n) is 8.20. The quantitative estimate of drug-likeness (QED) is 0.0539. The van der Waals surface area contributed by atoms with Crippen LogP contribution >= 0.6 is 0 Å². The van der Waals surface area contributed by atoms with E-state index in [9.17, 15) is 78.5 Å². The summed E-state index contributed by atoms with van der Waals surface area (Å²) in [5.41, 5.74) is 3.95. The molecule has 0 radical (unpaired) electrons. The van der Waals surface area contributed by atoms with Crippen molar-refractivity contribution < 1.29 is 68.9 Å². The van der Waals surface area contributed by atoms with E-state index in [0.717, 1.165) is 72.8 Å². The van der Waals surface area contributed by atoms with Crippen molar-refractivity contribution in [2.24, 2.45) is 20.4 Å². The van der Waals surface area contributed by atoms with Crippen molar-refractivity contribution in [1.82, 2.24) is 0 Å². The van der Waals surface area contributed by atoms with E-state index >= 15 is 0 Å². The van der Waals surface area contributed by atoms with E-state index in [-0.39, 0.29) is 11.4 Å². The normalized spacial score (nSPS) is 15.4. The highest BCUT2D eigenvalue weighted by Crippen LogP contribution is 2.27. The first-order chi connectivity index (χ1) is 28.9. The van der Waals surface area contributed by atoms with E-state index in [1.807, 2.05) is 0 Å². The predicted molar refractivity (Wildman–Crippen MR) is 212 cm³/mol. The number of rotatable bonds is 11. The molecular formula is C34H24N8O17S3. The molecule has 4 aliphatic rings. The van der Waals surface area contributed by atoms with Crippen LogP contribution in [0.4, 0.5) is 22.7 Å². The molecule has 28 heteroatoms. The maximum atomic E-state index is 13.7. The zero-order valence-corrected chi connectivity index (χ0v) is 32.7. The Labute approximate surface area is 344 Å². The molecule has 0 spiro atoms. The Bertz CT molecular complexity index is 3450. The van der Waals surface area contributed by atoms with Gasteiger partial charge in [0.05, 0.1) is 28.0 Å². The highest BCUT2D eigenvalue weighted by atomic mass is 32.2. The Hall–Kier alpha value is -7.89. The number of nitrogens with zero attached hydrogens (tertiary/aromatic N) is 4. The molecule has 0 bridgehead atoms. The third-order valence-corrected chi connectivity index (χ3v) is 10.9. The molecule has 0 saturated heterocycles. The van der Waals surface area contributed by atoms with Crippen LogP contribution in [-0.2, 0) is 39.9 Å². The number of hydrogen-bond donors (Lipinski definition) is 11. The van der Waals surface area contributed by atoms with Crippen molar-refractivity contribution in [2.45, 2.75) is 14.7 Å². The van der Waals surface area contributed by atoms with Gasteiger partial charge in [0.1, 0.15) is 25.4 Å². The number of aliphatic hydroxyl groups is 4. The van der Waals surface area contributed by atoms with Gasteiger partial charge in [-0.2, -0.15) is 45.7 Å². The van der Waals surface area contributed by atoms with Gasteiger partial charge in [-0.1, -0.05) is 6.07 Å². The lowest BCUT2D eigenvalue weighted by Crippen LogP contribution is -2.38. The van der Waals surface area contributed by atoms with E-state index in [1.165, 1.54) is 0 Å². The van der Waals surface area contributed by atoms with Gasteiger partial charge >= 0.3 is 0 Å². The van der Waals surface area contributed by atoms with Crippen LogP contribution in [0.5, 0.6) is 0 Å². The molecule has 25 nitrogen and oxygen atoms in total. The second-order valence-electron chi connectivity index (χ2n) is 12.4. The zero-order valence-electron chi connectivity index (χ0n) is 30.2. The van der Waals surface area contributed by atoms with Crippen molar-refractivity contribution in [3.63, 3.8) is 0 Å². The van der Waals surface area contributed by atoms with Gasteiger partial charge in [-0.15, -0.1) is 0 Å². The van der Waals surface area contributed by atoms with E-state index in [1.54, 1.807) is 0 Å². The van der Waals surface area contributed by atoms with Gasteiger partial charge in [-0.05, 0) is 48.5 Å². The lowest BCUT2D eigenvalue weighted by atomic mass is 10.1. The maximum Gasteiger partial charge on any atom is 0.296 e. The number of hydrogen-bond acceptors (Lipinski definition) is 22. The summed E-state index contributed by atoms with van der Waals surface area (Å²) in [4.78, 5) is 47.4. The minimum absolute atomic E-state index is 0.167. The second-order valence-corrected chi connectivity index (χ2v) is 16.6. The summed E-state index contributed by atoms with van der Waals surface area (Å²) in [6.45, 7) is 0. The van der Waals surface area contributed by atoms with Crippen molar-refractivity contribution in [2.75, 3.05) is 21.7 Å². The van der Waals surface area contributed by atoms with Gasteiger partial charge in [-0.3, -0.25) is 54.5 Å². The number of allylic oxidation sites excluding steroid dienone is 4. The molecule has 0 heterocycles. The Balaban J connectivity index is 1.38. The fraction of sp³-hybridized carbons (Fsp3) is 0. The van der Waals surface area contributed by atoms with Crippen molar-refractivity contribution in [3.05, 3.63) is 144 Å². The first kappa shape index (κ1) is 43.7. The average Bonchev–Trinajstić information content (AvgIpc) is 3.15. The number of hydrazone groups is 2. The van der Waals surface area contributed by atoms with Gasteiger partial charge in [0, 0.05) is 29.5 Å². The third kappa shape index (κ3) is 9.28. The average molecular weight is 913 g/mol. The summed E-state index contributed by atoms with van der Waals surface area (Å²) in [6.07, 6.45) is 2.94. The topological polar surface area (TPSA) is 410 Å². The lowest BCUT2D eigenvalue weighted by Gasteiger charge is -2.11. The summed E-state index contributed by atoms with van der Waals surface area (Å²) in [7, 11) is -15.5. The van der Waals surface area contributed by atoms with Gasteiger partial charge in [0.15, 0.2) is 46.0 Å². The van der Waals surface area contributed by atoms with Crippen molar-refractivity contribution in [1.29, 1.82) is 0 Å². The molecule has 0 unspecified atom stereocenters. The molecule has 0 fully saturated rings. The van der Waals surface area contributed by atoms with Gasteiger partial charge in [-0.25, -0.2) is 0 Å². The molecule has 320 valence electrons. The Morgan fingerprint density at radius 1 is 0.435 bits per heavy atom. The molecular weight excluding hydrogens is 889 g/mol. The van der Waals surface area contributed by atoms with Gasteiger partial charge in [0.25, 0.3) is 30.4 Å². The van der Waals surface area contributed by atoms with Gasteiger partial charge < -0.3 is 20.4 Å². The summed E-state index contributed by atoms with van der Waals surface area (Å²) in [5.74, 6) is -4.42. The van der Waals surface area contributed by atoms with Crippen LogP contribution in [0.3, 0.4) is 0 Å². The largest absolute Gasteiger partial charge is 0.505 e. The fourth-order valence-electron chi connectivity index (χ4n) is 5.45. The highest BCUT2D eigenvalue weighted by Gasteiger charge is 2.23. The number of carbonyl (C=O) groups excluding carboxylic acids is 2. The SMILES string of the molecule is O=C1C=C(O)C(=NNc2ccc(NN=c3ccc4c(S(=O)(=O)O)cc(=NNc5ccc(NN=C6C(O)=CC(=O)C=C6O)cc5S(=O)(=O)O)c(=O)c=4c3=O)c(S(=O)(=O)O)c2)C(O)=C1. The molecule has 11 N–H and O–H groups in total. The van der Waals surface area contributed by atoms with Crippen LogP contribution in [0.25, 0.3) is 0 Å². The van der Waals surface area contributed by atoms with Crippen molar-refractivity contribution in [3.8, 4) is 0 Å². The number of nitrogens with one attached hydrogen (secondary N) is 4. The fourth-order valence-corrected chi connectivity index (χ4v) is 7.49. The molecule has 6 rings (SSSR count). The lowest BCUT2D eigenvalue weighted by molar-refractivity contribution is -0.111. The van der Waals surface area contributed by atoms with Crippen LogP contribution in [0.2, 0.25) is 0 Å². The molecule has 0 saturated carbocycles. The van der Waals surface area contributed by atoms with E-state index in [4.69, 9.17) is 0 Å². The molecule has 2 aromatic rings. The molecule has 62 heavy (non-hydrogen) atoms. The van der Waals surface area contributed by atoms with Crippen LogP contribution in [-0.4, -0.2) is 82.3 Å². The summed E-state index contributed by atoms with van der Waals surface area (Å²) in [6, 6.07) is 8.13. The van der Waals surface area contributed by atoms with Crippen LogP contribution < -0.4 is 43.3 Å². The Morgan fingerprint density at radius 2 is 0.823 bits per heavy atom. The Kier molecular flexibility index (Phi) is 11.5. The van der Waals surface area contributed by atoms with E-state index < -0.39 is 134 Å². The summed E-state index contributed by atoms with van der Waals surface area (Å²) >= 11 is 0. The van der Waals surface area contributed by atoms with E-state index in [2.05, 4.69) is 42.1 Å². The van der Waals surface area contributed by atoms with Crippen LogP contribution in [0.1, 0.15) is 0 Å². The first-order valence-corrected chi connectivity index (χ1v) is 20.8. The minimum Gasteiger partial charge on any atom is -0.505 e. The number of carbonyl (C=O) groups is 2.